The Balaban J connectivity index is 2.24. The normalized spacial score (nSPS) is 21.2. The predicted octanol–water partition coefficient (Wildman–Crippen LogP) is 2.61. The molecule has 0 amide bonds. The number of nitrogens with two attached hydrogens (primary N) is 1. The summed E-state index contributed by atoms with van der Waals surface area (Å²) in [5, 5.41) is 0. The van der Waals surface area contributed by atoms with E-state index in [0.717, 1.165) is 11.0 Å². The van der Waals surface area contributed by atoms with Crippen molar-refractivity contribution in [3.8, 4) is 0 Å². The van der Waals surface area contributed by atoms with Crippen molar-refractivity contribution in [3.63, 3.8) is 0 Å². The smallest absolute Gasteiger partial charge is 0.400 e. The fourth-order valence-corrected chi connectivity index (χ4v) is 2.14. The van der Waals surface area contributed by atoms with Gasteiger partial charge in [0.2, 0.25) is 0 Å². The molecule has 4 nitrogen and oxygen atoms in total. The number of nitrogens with zero attached hydrogens (tertiary/aromatic N) is 1. The summed E-state index contributed by atoms with van der Waals surface area (Å²) in [4.78, 5) is 4.08. The average molecular weight is 292 g/mol. The van der Waals surface area contributed by atoms with Gasteiger partial charge in [-0.1, -0.05) is 6.08 Å². The number of hydrogen-bond acceptors (Lipinski definition) is 5. The number of rotatable bonds is 3. The van der Waals surface area contributed by atoms with Gasteiger partial charge in [-0.05, 0) is 50.9 Å². The molecule has 1 aromatic rings. The Morgan fingerprint density at radius 3 is 2.35 bits per heavy atom. The van der Waals surface area contributed by atoms with E-state index in [4.69, 9.17) is 15.0 Å². The molecule has 1 fully saturated rings. The van der Waals surface area contributed by atoms with Crippen LogP contribution in [0.5, 0.6) is 0 Å². The number of anilines is 1. The van der Waals surface area contributed by atoms with Gasteiger partial charge >= 0.3 is 7.12 Å². The van der Waals surface area contributed by atoms with Crippen molar-refractivity contribution in [2.45, 2.75) is 38.9 Å². The van der Waals surface area contributed by atoms with Crippen LogP contribution in [0.15, 0.2) is 23.8 Å². The second-order valence-electron chi connectivity index (χ2n) is 5.98. The number of hydrogen-bond donors (Lipinski definition) is 2. The largest absolute Gasteiger partial charge is 0.491 e. The average Bonchev–Trinajstić information content (AvgIpc) is 2.57. The molecule has 0 aromatic carbocycles. The first-order valence-electron chi connectivity index (χ1n) is 6.64. The van der Waals surface area contributed by atoms with Gasteiger partial charge in [0.25, 0.3) is 0 Å². The Bertz CT molecular complexity index is 498. The lowest BCUT2D eigenvalue weighted by molar-refractivity contribution is 0.00578. The molecule has 0 saturated carbocycles. The second kappa shape index (κ2) is 5.43. The fraction of sp³-hybridized carbons (Fsp3) is 0.500. The molecule has 0 bridgehead atoms. The van der Waals surface area contributed by atoms with E-state index in [1.807, 2.05) is 39.8 Å². The van der Waals surface area contributed by atoms with Crippen LogP contribution in [0.4, 0.5) is 5.82 Å². The zero-order valence-electron chi connectivity index (χ0n) is 12.4. The van der Waals surface area contributed by atoms with Gasteiger partial charge in [0.15, 0.2) is 0 Å². The van der Waals surface area contributed by atoms with Crippen LogP contribution in [-0.4, -0.2) is 29.1 Å². The highest BCUT2D eigenvalue weighted by molar-refractivity contribution is 7.80. The van der Waals surface area contributed by atoms with Crippen LogP contribution in [0.2, 0.25) is 0 Å². The van der Waals surface area contributed by atoms with Crippen molar-refractivity contribution in [1.29, 1.82) is 0 Å². The molecule has 2 rings (SSSR count). The summed E-state index contributed by atoms with van der Waals surface area (Å²) in [5.41, 5.74) is 6.82. The lowest BCUT2D eigenvalue weighted by Crippen LogP contribution is -2.41. The Labute approximate surface area is 126 Å². The van der Waals surface area contributed by atoms with Crippen molar-refractivity contribution in [3.05, 3.63) is 29.4 Å². The molecule has 108 valence electrons. The van der Waals surface area contributed by atoms with Crippen LogP contribution in [0.25, 0.3) is 6.08 Å². The summed E-state index contributed by atoms with van der Waals surface area (Å²) in [7, 11) is -0.380. The van der Waals surface area contributed by atoms with E-state index in [0.29, 0.717) is 11.6 Å². The number of thiol groups is 1. The Morgan fingerprint density at radius 2 is 1.90 bits per heavy atom. The Kier molecular flexibility index (Phi) is 4.18. The number of nitrogen functional groups attached to an aromatic ring is 1. The third-order valence-corrected chi connectivity index (χ3v) is 4.27. The van der Waals surface area contributed by atoms with Gasteiger partial charge in [-0.15, -0.1) is 0 Å². The highest BCUT2D eigenvalue weighted by atomic mass is 32.1. The number of aromatic nitrogens is 1. The SMILES string of the molecule is CC1(C)OB(C(=Cc2ccc(N)nc2)CS)OC1(C)C. The molecule has 20 heavy (non-hydrogen) atoms. The van der Waals surface area contributed by atoms with E-state index >= 15 is 0 Å². The topological polar surface area (TPSA) is 57.4 Å². The maximum absolute atomic E-state index is 6.03. The zero-order chi connectivity index (χ0) is 15.0. The van der Waals surface area contributed by atoms with Crippen LogP contribution in [0, 0.1) is 0 Å². The third kappa shape index (κ3) is 3.02. The van der Waals surface area contributed by atoms with Crippen LogP contribution >= 0.6 is 12.6 Å². The lowest BCUT2D eigenvalue weighted by Gasteiger charge is -2.32. The van der Waals surface area contributed by atoms with E-state index in [1.165, 1.54) is 0 Å². The molecule has 0 unspecified atom stereocenters. The van der Waals surface area contributed by atoms with E-state index < -0.39 is 0 Å². The molecule has 2 N–H and O–H groups in total. The molecule has 1 aliphatic rings. The summed E-state index contributed by atoms with van der Waals surface area (Å²) in [6, 6.07) is 3.68. The molecule has 0 spiro atoms. The van der Waals surface area contributed by atoms with E-state index in [-0.39, 0.29) is 18.3 Å². The van der Waals surface area contributed by atoms with Crippen molar-refractivity contribution >= 4 is 31.6 Å². The lowest BCUT2D eigenvalue weighted by atomic mass is 9.78. The minimum atomic E-state index is -0.380. The van der Waals surface area contributed by atoms with Crippen molar-refractivity contribution in [2.24, 2.45) is 0 Å². The van der Waals surface area contributed by atoms with Crippen molar-refractivity contribution < 1.29 is 9.31 Å². The first-order chi connectivity index (χ1) is 9.25. The van der Waals surface area contributed by atoms with Gasteiger partial charge in [-0.25, -0.2) is 4.98 Å². The molecule has 0 radical (unpaired) electrons. The van der Waals surface area contributed by atoms with Crippen molar-refractivity contribution in [2.75, 3.05) is 11.5 Å². The molecule has 6 heteroatoms. The monoisotopic (exact) mass is 292 g/mol. The van der Waals surface area contributed by atoms with Gasteiger partial charge < -0.3 is 15.0 Å². The van der Waals surface area contributed by atoms with E-state index in [9.17, 15) is 0 Å². The van der Waals surface area contributed by atoms with Crippen molar-refractivity contribution in [1.82, 2.24) is 4.98 Å². The quantitative estimate of drug-likeness (QED) is 0.664. The molecule has 1 saturated heterocycles. The highest BCUT2D eigenvalue weighted by Gasteiger charge is 2.52. The maximum atomic E-state index is 6.03. The summed E-state index contributed by atoms with van der Waals surface area (Å²) in [5.74, 6) is 1.06. The summed E-state index contributed by atoms with van der Waals surface area (Å²) < 4.78 is 12.1. The minimum Gasteiger partial charge on any atom is -0.400 e. The van der Waals surface area contributed by atoms with Gasteiger partial charge in [-0.2, -0.15) is 12.6 Å². The number of pyridine rings is 1. The van der Waals surface area contributed by atoms with E-state index in [1.54, 1.807) is 12.3 Å². The Hall–Kier alpha value is -0.975. The minimum absolute atomic E-state index is 0.348. The van der Waals surface area contributed by atoms with Gasteiger partial charge in [-0.3, -0.25) is 0 Å². The zero-order valence-corrected chi connectivity index (χ0v) is 13.3. The highest BCUT2D eigenvalue weighted by Crippen LogP contribution is 2.38. The third-order valence-electron chi connectivity index (χ3n) is 3.90. The van der Waals surface area contributed by atoms with Crippen LogP contribution < -0.4 is 5.73 Å². The fourth-order valence-electron chi connectivity index (χ4n) is 1.90. The van der Waals surface area contributed by atoms with Crippen LogP contribution in [0.1, 0.15) is 33.3 Å². The first-order valence-corrected chi connectivity index (χ1v) is 7.27. The molecular formula is C14H21BN2O2S. The molecule has 2 heterocycles. The standard InChI is InChI=1S/C14H21BN2O2S/c1-13(2)14(3,4)19-15(18-13)11(9-20)7-10-5-6-12(16)17-8-10/h5-8,20H,9H2,1-4H3,(H2,16,17). The Morgan fingerprint density at radius 1 is 1.30 bits per heavy atom. The van der Waals surface area contributed by atoms with Crippen LogP contribution in [0.3, 0.4) is 0 Å². The molecule has 1 aromatic heterocycles. The summed E-state index contributed by atoms with van der Waals surface area (Å²) in [6.07, 6.45) is 3.71. The molecule has 0 aliphatic carbocycles. The summed E-state index contributed by atoms with van der Waals surface area (Å²) in [6.45, 7) is 8.14. The molecule has 1 aliphatic heterocycles. The molecule has 0 atom stereocenters. The maximum Gasteiger partial charge on any atom is 0.491 e. The van der Waals surface area contributed by atoms with E-state index in [2.05, 4.69) is 17.6 Å². The van der Waals surface area contributed by atoms with Gasteiger partial charge in [0, 0.05) is 11.9 Å². The molecular weight excluding hydrogens is 271 g/mol. The summed E-state index contributed by atoms with van der Waals surface area (Å²) >= 11 is 4.38. The second-order valence-corrected chi connectivity index (χ2v) is 6.30. The van der Waals surface area contributed by atoms with Crippen LogP contribution in [-0.2, 0) is 9.31 Å². The van der Waals surface area contributed by atoms with Gasteiger partial charge in [0.1, 0.15) is 5.82 Å². The first kappa shape index (κ1) is 15.4. The van der Waals surface area contributed by atoms with Gasteiger partial charge in [0.05, 0.1) is 11.2 Å². The predicted molar refractivity (Wildman–Crippen MR) is 86.6 cm³/mol.